The number of para-hydroxylation sites is 1. The zero-order valence-corrected chi connectivity index (χ0v) is 9.54. The Labute approximate surface area is 101 Å². The predicted molar refractivity (Wildman–Crippen MR) is 71.7 cm³/mol. The average molecular weight is 226 g/mol. The fourth-order valence-corrected chi connectivity index (χ4v) is 1.56. The van der Waals surface area contributed by atoms with Gasteiger partial charge in [-0.2, -0.15) is 0 Å². The molecule has 2 radical (unpaired) electrons. The van der Waals surface area contributed by atoms with E-state index in [0.29, 0.717) is 0 Å². The van der Waals surface area contributed by atoms with Crippen LogP contribution in [0.1, 0.15) is 0 Å². The first-order valence-corrected chi connectivity index (χ1v) is 5.36. The lowest BCUT2D eigenvalue weighted by Gasteiger charge is -2.03. The predicted octanol–water partition coefficient (Wildman–Crippen LogP) is 2.27. The van der Waals surface area contributed by atoms with Crippen molar-refractivity contribution >= 4 is 37.0 Å². The van der Waals surface area contributed by atoms with Gasteiger partial charge in [-0.05, 0) is 12.1 Å². The molecule has 0 atom stereocenters. The van der Waals surface area contributed by atoms with Gasteiger partial charge in [0.05, 0.1) is 11.0 Å². The number of H-pyrrole nitrogens is 2. The monoisotopic (exact) mass is 226 g/mol. The van der Waals surface area contributed by atoms with Crippen molar-refractivity contribution < 1.29 is 0 Å². The zero-order chi connectivity index (χ0) is 11.4. The number of hydrogen-bond acceptors (Lipinski definition) is 1. The third-order valence-corrected chi connectivity index (χ3v) is 2.54. The molecule has 1 heterocycles. The molecule has 0 amide bonds. The summed E-state index contributed by atoms with van der Waals surface area (Å²) < 4.78 is 0. The first-order valence-electron chi connectivity index (χ1n) is 4.92. The molecule has 0 fully saturated rings. The highest BCUT2D eigenvalue weighted by molar-refractivity contribution is 7.80. The van der Waals surface area contributed by atoms with Crippen molar-refractivity contribution in [2.24, 2.45) is 0 Å². The van der Waals surface area contributed by atoms with Crippen LogP contribution >= 0.6 is 12.6 Å². The van der Waals surface area contributed by atoms with Crippen molar-refractivity contribution in [1.82, 2.24) is 10.2 Å². The van der Waals surface area contributed by atoms with Crippen LogP contribution in [0.2, 0.25) is 0 Å². The summed E-state index contributed by atoms with van der Waals surface area (Å²) in [4.78, 5) is 0.992. The molecule has 4 heteroatoms. The molecule has 78 valence electrons. The van der Waals surface area contributed by atoms with Crippen LogP contribution in [0.15, 0.2) is 53.4 Å². The van der Waals surface area contributed by atoms with E-state index in [9.17, 15) is 0 Å². The van der Waals surface area contributed by atoms with E-state index >= 15 is 0 Å². The quantitative estimate of drug-likeness (QED) is 0.388. The second kappa shape index (κ2) is 4.99. The van der Waals surface area contributed by atoms with Crippen molar-refractivity contribution in [2.75, 3.05) is 0 Å². The van der Waals surface area contributed by atoms with E-state index in [-0.39, 0.29) is 0 Å². The van der Waals surface area contributed by atoms with E-state index in [4.69, 9.17) is 7.85 Å². The molecule has 0 bridgehead atoms. The van der Waals surface area contributed by atoms with E-state index in [1.807, 2.05) is 48.5 Å². The lowest BCUT2D eigenvalue weighted by Crippen LogP contribution is -1.97. The number of rotatable bonds is 0. The minimum Gasteiger partial charge on any atom is -0.299 e. The summed E-state index contributed by atoms with van der Waals surface area (Å²) in [6.07, 6.45) is 0. The van der Waals surface area contributed by atoms with Crippen molar-refractivity contribution in [2.45, 2.75) is 4.90 Å². The summed E-state index contributed by atoms with van der Waals surface area (Å²) in [5.74, 6) is 0. The number of benzene rings is 2. The van der Waals surface area contributed by atoms with Crippen LogP contribution in [0, 0.1) is 0 Å². The van der Waals surface area contributed by atoms with E-state index in [0.717, 1.165) is 21.4 Å². The first-order chi connectivity index (χ1) is 7.77. The second-order valence-corrected chi connectivity index (χ2v) is 3.84. The Morgan fingerprint density at radius 2 is 1.62 bits per heavy atom. The fraction of sp³-hybridized carbons (Fsp3) is 0. The number of nitrogens with one attached hydrogen (secondary N) is 2. The van der Waals surface area contributed by atoms with Crippen LogP contribution in [0.4, 0.5) is 0 Å². The average Bonchev–Trinajstić information content (AvgIpc) is 2.23. The molecule has 0 spiro atoms. The number of fused-ring (bicyclic) bond motifs is 1. The maximum Gasteiger partial charge on any atom is 0.113 e. The van der Waals surface area contributed by atoms with Gasteiger partial charge in [0.15, 0.2) is 0 Å². The Kier molecular flexibility index (Phi) is 3.42. The molecule has 0 aliphatic carbocycles. The van der Waals surface area contributed by atoms with Gasteiger partial charge in [-0.25, -0.2) is 0 Å². The van der Waals surface area contributed by atoms with E-state index in [2.05, 4.69) is 22.8 Å². The van der Waals surface area contributed by atoms with Gasteiger partial charge in [0, 0.05) is 4.90 Å². The molecule has 2 aromatic carbocycles. The van der Waals surface area contributed by atoms with E-state index in [1.165, 1.54) is 0 Å². The molecule has 0 saturated heterocycles. The number of aromatic amines is 2. The minimum atomic E-state index is 0.822. The zero-order valence-electron chi connectivity index (χ0n) is 8.64. The van der Waals surface area contributed by atoms with Gasteiger partial charge in [0.2, 0.25) is 0 Å². The Hall–Kier alpha value is -1.55. The summed E-state index contributed by atoms with van der Waals surface area (Å²) in [6, 6.07) is 15.4. The molecule has 0 aliphatic rings. The summed E-state index contributed by atoms with van der Waals surface area (Å²) in [6.45, 7) is 0. The molecule has 0 unspecified atom stereocenters. The van der Waals surface area contributed by atoms with Crippen LogP contribution in [0.25, 0.3) is 11.0 Å². The Morgan fingerprint density at radius 3 is 2.00 bits per heavy atom. The number of hydrogen-bond donors (Lipinski definition) is 3. The van der Waals surface area contributed by atoms with Gasteiger partial charge in [-0.1, -0.05) is 41.9 Å². The van der Waals surface area contributed by atoms with Crippen molar-refractivity contribution in [1.29, 1.82) is 0 Å². The number of aromatic nitrogens is 2. The summed E-state index contributed by atoms with van der Waals surface area (Å²) in [5, 5.41) is 5.86. The van der Waals surface area contributed by atoms with Gasteiger partial charge in [-0.3, -0.25) is 10.2 Å². The molecular weight excluding hydrogens is 215 g/mol. The first kappa shape index (κ1) is 11.0. The topological polar surface area (TPSA) is 31.6 Å². The molecule has 1 aromatic heterocycles. The molecule has 2 nitrogen and oxygen atoms in total. The molecular formula is C12H11BN2S. The van der Waals surface area contributed by atoms with E-state index < -0.39 is 0 Å². The summed E-state index contributed by atoms with van der Waals surface area (Å²) in [5.41, 5.74) is 3.05. The van der Waals surface area contributed by atoms with Crippen LogP contribution in [-0.2, 0) is 0 Å². The Morgan fingerprint density at radius 1 is 0.875 bits per heavy atom. The van der Waals surface area contributed by atoms with Crippen LogP contribution < -0.4 is 5.46 Å². The van der Waals surface area contributed by atoms with Gasteiger partial charge in [0.25, 0.3) is 0 Å². The van der Waals surface area contributed by atoms with E-state index in [1.54, 1.807) is 0 Å². The highest BCUT2D eigenvalue weighted by atomic mass is 32.1. The fourth-order valence-electron chi connectivity index (χ4n) is 1.30. The SMILES string of the molecule is Sc1cccc2[nH][nH]c12.[B]c1ccccc1. The van der Waals surface area contributed by atoms with Crippen LogP contribution in [-0.4, -0.2) is 18.0 Å². The molecule has 2 N–H and O–H groups in total. The molecule has 0 saturated carbocycles. The highest BCUT2D eigenvalue weighted by Gasteiger charge is 1.97. The lowest BCUT2D eigenvalue weighted by atomic mass is 9.97. The highest BCUT2D eigenvalue weighted by Crippen LogP contribution is 2.18. The maximum absolute atomic E-state index is 5.36. The smallest absolute Gasteiger partial charge is 0.113 e. The minimum absolute atomic E-state index is 0.822. The Bertz CT molecular complexity index is 556. The molecule has 0 aliphatic heterocycles. The van der Waals surface area contributed by atoms with Crippen LogP contribution in [0.5, 0.6) is 0 Å². The van der Waals surface area contributed by atoms with Crippen molar-refractivity contribution in [3.63, 3.8) is 0 Å². The Balaban J connectivity index is 0.000000125. The van der Waals surface area contributed by atoms with Crippen LogP contribution in [0.3, 0.4) is 0 Å². The summed E-state index contributed by atoms with van der Waals surface area (Å²) in [7, 11) is 5.36. The summed E-state index contributed by atoms with van der Waals surface area (Å²) >= 11 is 4.22. The molecule has 3 rings (SSSR count). The van der Waals surface area contributed by atoms with Gasteiger partial charge in [-0.15, -0.1) is 12.6 Å². The largest absolute Gasteiger partial charge is 0.299 e. The molecule has 16 heavy (non-hydrogen) atoms. The van der Waals surface area contributed by atoms with Gasteiger partial charge < -0.3 is 0 Å². The lowest BCUT2D eigenvalue weighted by molar-refractivity contribution is 1.05. The number of thiol groups is 1. The third-order valence-electron chi connectivity index (χ3n) is 2.16. The second-order valence-electron chi connectivity index (χ2n) is 3.36. The van der Waals surface area contributed by atoms with Gasteiger partial charge in [0.1, 0.15) is 7.85 Å². The molecule has 3 aromatic rings. The van der Waals surface area contributed by atoms with Crippen molar-refractivity contribution in [3.05, 3.63) is 48.5 Å². The maximum atomic E-state index is 5.36. The third kappa shape index (κ3) is 2.52. The van der Waals surface area contributed by atoms with Gasteiger partial charge >= 0.3 is 0 Å². The standard InChI is InChI=1S/C6H5B.C6H6N2S/c7-6-4-2-1-3-5-6;9-5-3-1-2-4-6(5)8-7-4/h1-5H;1-3,7-9H. The normalized spacial score (nSPS) is 9.81. The van der Waals surface area contributed by atoms with Crippen molar-refractivity contribution in [3.8, 4) is 0 Å².